The highest BCUT2D eigenvalue weighted by molar-refractivity contribution is 8.13. The molecule has 0 aromatic heterocycles. The van der Waals surface area contributed by atoms with E-state index >= 15 is 0 Å². The van der Waals surface area contributed by atoms with Crippen molar-refractivity contribution < 1.29 is 22.4 Å². The van der Waals surface area contributed by atoms with Crippen LogP contribution in [0.1, 0.15) is 0 Å². The third-order valence-corrected chi connectivity index (χ3v) is 2.47. The van der Waals surface area contributed by atoms with Crippen molar-refractivity contribution in [3.05, 3.63) is 30.3 Å². The van der Waals surface area contributed by atoms with E-state index in [4.69, 9.17) is 0 Å². The molecule has 1 nitrogen and oxygen atoms in total. The van der Waals surface area contributed by atoms with Gasteiger partial charge in [-0.05, 0) is 23.9 Å². The SMILES string of the molecule is O=C(Sc1ccccc1)C(F)(F)C(F)F. The molecule has 0 saturated heterocycles. The largest absolute Gasteiger partial charge is 0.374 e. The second kappa shape index (κ2) is 4.65. The number of carbonyl (C=O) groups is 1. The molecule has 0 saturated carbocycles. The van der Waals surface area contributed by atoms with E-state index in [1.165, 1.54) is 24.3 Å². The minimum Gasteiger partial charge on any atom is -0.280 e. The van der Waals surface area contributed by atoms with Crippen LogP contribution in [0.25, 0.3) is 0 Å². The molecule has 0 bridgehead atoms. The lowest BCUT2D eigenvalue weighted by molar-refractivity contribution is -0.157. The zero-order valence-electron chi connectivity index (χ0n) is 7.29. The number of halogens is 4. The molecule has 0 unspecified atom stereocenters. The van der Waals surface area contributed by atoms with Crippen molar-refractivity contribution in [2.24, 2.45) is 0 Å². The minimum absolute atomic E-state index is 0.110. The van der Waals surface area contributed by atoms with Crippen LogP contribution in [0, 0.1) is 0 Å². The van der Waals surface area contributed by atoms with Gasteiger partial charge in [-0.15, -0.1) is 0 Å². The summed E-state index contributed by atoms with van der Waals surface area (Å²) in [6.45, 7) is 0. The summed E-state index contributed by atoms with van der Waals surface area (Å²) in [7, 11) is 0. The van der Waals surface area contributed by atoms with Crippen molar-refractivity contribution in [3.63, 3.8) is 0 Å². The van der Waals surface area contributed by atoms with Crippen molar-refractivity contribution in [1.29, 1.82) is 0 Å². The standard InChI is InChI=1S/C9H6F4OS/c10-7(11)9(12,13)8(14)15-6-4-2-1-3-5-6/h1-5,7H. The third kappa shape index (κ3) is 2.95. The Kier molecular flexibility index (Phi) is 3.73. The Bertz CT molecular complexity index is 339. The van der Waals surface area contributed by atoms with Crippen molar-refractivity contribution in [1.82, 2.24) is 0 Å². The molecule has 0 radical (unpaired) electrons. The smallest absolute Gasteiger partial charge is 0.280 e. The predicted molar refractivity (Wildman–Crippen MR) is 48.3 cm³/mol. The fraction of sp³-hybridized carbons (Fsp3) is 0.222. The fourth-order valence-corrected chi connectivity index (χ4v) is 1.49. The quantitative estimate of drug-likeness (QED) is 0.594. The van der Waals surface area contributed by atoms with Gasteiger partial charge in [0, 0.05) is 4.90 Å². The first kappa shape index (κ1) is 12.0. The van der Waals surface area contributed by atoms with E-state index in [9.17, 15) is 22.4 Å². The van der Waals surface area contributed by atoms with Gasteiger partial charge in [0.25, 0.3) is 5.12 Å². The van der Waals surface area contributed by atoms with Crippen LogP contribution in [-0.4, -0.2) is 17.5 Å². The Hall–Kier alpha value is -1.04. The van der Waals surface area contributed by atoms with Crippen LogP contribution >= 0.6 is 11.8 Å². The number of thioether (sulfide) groups is 1. The number of benzene rings is 1. The molecule has 1 aromatic carbocycles. The number of rotatable bonds is 3. The molecule has 0 fully saturated rings. The van der Waals surface area contributed by atoms with Gasteiger partial charge in [-0.3, -0.25) is 4.79 Å². The third-order valence-electron chi connectivity index (χ3n) is 1.50. The van der Waals surface area contributed by atoms with Crippen molar-refractivity contribution >= 4 is 16.9 Å². The molecular formula is C9H6F4OS. The summed E-state index contributed by atoms with van der Waals surface area (Å²) in [5, 5.41) is -1.84. The lowest BCUT2D eigenvalue weighted by atomic mass is 10.4. The second-order valence-corrected chi connectivity index (χ2v) is 3.67. The highest BCUT2D eigenvalue weighted by atomic mass is 32.2. The molecule has 0 amide bonds. The molecule has 0 aliphatic rings. The molecule has 0 atom stereocenters. The Morgan fingerprint density at radius 2 is 1.73 bits per heavy atom. The molecule has 1 aromatic rings. The molecule has 1 rings (SSSR count). The Morgan fingerprint density at radius 3 is 2.20 bits per heavy atom. The van der Waals surface area contributed by atoms with Gasteiger partial charge in [0.15, 0.2) is 0 Å². The van der Waals surface area contributed by atoms with E-state index in [0.29, 0.717) is 0 Å². The molecule has 0 heterocycles. The Balaban J connectivity index is 2.72. The molecule has 6 heteroatoms. The first-order valence-corrected chi connectivity index (χ1v) is 4.69. The molecule has 0 aliphatic carbocycles. The predicted octanol–water partition coefficient (Wildman–Crippen LogP) is 3.21. The molecule has 82 valence electrons. The Morgan fingerprint density at radius 1 is 1.20 bits per heavy atom. The summed E-state index contributed by atoms with van der Waals surface area (Å²) < 4.78 is 48.6. The molecule has 0 N–H and O–H groups in total. The summed E-state index contributed by atoms with van der Waals surface area (Å²) in [4.78, 5) is 11.0. The van der Waals surface area contributed by atoms with E-state index in [0.717, 1.165) is 0 Å². The number of hydrogen-bond acceptors (Lipinski definition) is 2. The topological polar surface area (TPSA) is 17.1 Å². The maximum absolute atomic E-state index is 12.5. The van der Waals surface area contributed by atoms with Crippen LogP contribution in [-0.2, 0) is 4.79 Å². The zero-order chi connectivity index (χ0) is 11.5. The number of hydrogen-bond donors (Lipinski definition) is 0. The van der Waals surface area contributed by atoms with E-state index < -0.39 is 17.5 Å². The van der Waals surface area contributed by atoms with Crippen LogP contribution in [0.2, 0.25) is 0 Å². The normalized spacial score (nSPS) is 11.8. The van der Waals surface area contributed by atoms with Gasteiger partial charge in [0.1, 0.15) is 0 Å². The van der Waals surface area contributed by atoms with Gasteiger partial charge >= 0.3 is 12.3 Å². The van der Waals surface area contributed by atoms with Gasteiger partial charge < -0.3 is 0 Å². The van der Waals surface area contributed by atoms with Crippen molar-refractivity contribution in [2.45, 2.75) is 17.2 Å². The molecular weight excluding hydrogens is 232 g/mol. The maximum atomic E-state index is 12.5. The van der Waals surface area contributed by atoms with E-state index in [-0.39, 0.29) is 16.7 Å². The van der Waals surface area contributed by atoms with Crippen LogP contribution in [0.5, 0.6) is 0 Å². The summed E-state index contributed by atoms with van der Waals surface area (Å²) in [5.41, 5.74) is 0. The summed E-state index contributed by atoms with van der Waals surface area (Å²) >= 11 is 0.110. The highest BCUT2D eigenvalue weighted by Crippen LogP contribution is 2.32. The van der Waals surface area contributed by atoms with Gasteiger partial charge in [0.05, 0.1) is 0 Å². The lowest BCUT2D eigenvalue weighted by Crippen LogP contribution is -2.34. The number of alkyl halides is 4. The van der Waals surface area contributed by atoms with Gasteiger partial charge in [0.2, 0.25) is 0 Å². The van der Waals surface area contributed by atoms with Crippen molar-refractivity contribution in [3.8, 4) is 0 Å². The molecule has 0 spiro atoms. The minimum atomic E-state index is -4.60. The van der Waals surface area contributed by atoms with Gasteiger partial charge in [-0.25, -0.2) is 8.78 Å². The van der Waals surface area contributed by atoms with Crippen LogP contribution in [0.4, 0.5) is 17.6 Å². The van der Waals surface area contributed by atoms with Crippen molar-refractivity contribution in [2.75, 3.05) is 0 Å². The summed E-state index contributed by atoms with van der Waals surface area (Å²) in [6.07, 6.45) is -3.97. The fourth-order valence-electron chi connectivity index (χ4n) is 0.753. The molecule has 0 aliphatic heterocycles. The van der Waals surface area contributed by atoms with Crippen LogP contribution in [0.3, 0.4) is 0 Å². The average Bonchev–Trinajstić information content (AvgIpc) is 2.18. The van der Waals surface area contributed by atoms with Gasteiger partial charge in [-0.1, -0.05) is 18.2 Å². The highest BCUT2D eigenvalue weighted by Gasteiger charge is 2.48. The monoisotopic (exact) mass is 238 g/mol. The second-order valence-electron chi connectivity index (χ2n) is 2.63. The van der Waals surface area contributed by atoms with Crippen LogP contribution < -0.4 is 0 Å². The first-order chi connectivity index (χ1) is 6.94. The lowest BCUT2D eigenvalue weighted by Gasteiger charge is -2.12. The zero-order valence-corrected chi connectivity index (χ0v) is 8.11. The van der Waals surface area contributed by atoms with E-state index in [1.807, 2.05) is 0 Å². The Labute approximate surface area is 87.5 Å². The summed E-state index contributed by atoms with van der Waals surface area (Å²) in [6, 6.07) is 7.46. The van der Waals surface area contributed by atoms with Gasteiger partial charge in [-0.2, -0.15) is 8.78 Å². The van der Waals surface area contributed by atoms with Crippen LogP contribution in [0.15, 0.2) is 35.2 Å². The molecule has 15 heavy (non-hydrogen) atoms. The summed E-state index contributed by atoms with van der Waals surface area (Å²) in [5.74, 6) is -4.60. The average molecular weight is 238 g/mol. The van der Waals surface area contributed by atoms with E-state index in [1.54, 1.807) is 6.07 Å². The maximum Gasteiger partial charge on any atom is 0.374 e. The first-order valence-electron chi connectivity index (χ1n) is 3.88. The number of carbonyl (C=O) groups excluding carboxylic acids is 1. The van der Waals surface area contributed by atoms with E-state index in [2.05, 4.69) is 0 Å².